The number of carbonyl (C=O) groups is 1. The number of rotatable bonds is 4. The van der Waals surface area contributed by atoms with Crippen LogP contribution < -0.4 is 5.32 Å². The summed E-state index contributed by atoms with van der Waals surface area (Å²) in [5.74, 6) is 0.0161. The Morgan fingerprint density at radius 2 is 2.25 bits per heavy atom. The van der Waals surface area contributed by atoms with Crippen LogP contribution in [0.4, 0.5) is 0 Å². The molecule has 0 aliphatic heterocycles. The molecule has 1 fully saturated rings. The molecule has 1 N–H and O–H groups in total. The van der Waals surface area contributed by atoms with Gasteiger partial charge in [0.05, 0.1) is 15.3 Å². The zero-order valence-corrected chi connectivity index (χ0v) is 13.0. The standard InChI is InChI=1S/C12H12Cl2N4OS/c1-6(11(19)15-8-2-3-8)20-12-17-16-10-9(14)4-7(13)5-18(10)12/h4-6,8H,2-3H2,1H3,(H,15,19)/t6-/m1/s1. The third kappa shape index (κ3) is 2.87. The topological polar surface area (TPSA) is 59.3 Å². The smallest absolute Gasteiger partial charge is 0.233 e. The fourth-order valence-corrected chi connectivity index (χ4v) is 3.08. The lowest BCUT2D eigenvalue weighted by molar-refractivity contribution is -0.120. The Balaban J connectivity index is 1.81. The van der Waals surface area contributed by atoms with Crippen LogP contribution in [0.5, 0.6) is 0 Å². The summed E-state index contributed by atoms with van der Waals surface area (Å²) < 4.78 is 1.70. The lowest BCUT2D eigenvalue weighted by atomic mass is 10.4. The molecule has 1 aliphatic carbocycles. The Kier molecular flexibility index (Phi) is 3.79. The van der Waals surface area contributed by atoms with Gasteiger partial charge in [-0.05, 0) is 25.8 Å². The zero-order chi connectivity index (χ0) is 14.3. The van der Waals surface area contributed by atoms with Crippen molar-refractivity contribution < 1.29 is 4.79 Å². The summed E-state index contributed by atoms with van der Waals surface area (Å²) in [6, 6.07) is 1.97. The molecule has 0 spiro atoms. The number of nitrogens with one attached hydrogen (secondary N) is 1. The predicted octanol–water partition coefficient (Wildman–Crippen LogP) is 2.80. The van der Waals surface area contributed by atoms with Gasteiger partial charge in [0, 0.05) is 12.2 Å². The van der Waals surface area contributed by atoms with Gasteiger partial charge in [0.1, 0.15) is 0 Å². The first-order valence-corrected chi connectivity index (χ1v) is 7.85. The minimum absolute atomic E-state index is 0.0161. The van der Waals surface area contributed by atoms with Gasteiger partial charge < -0.3 is 5.32 Å². The number of aromatic nitrogens is 3. The molecule has 8 heteroatoms. The SMILES string of the molecule is C[C@@H](Sc1nnc2c(Cl)cc(Cl)cn12)C(=O)NC1CC1. The molecule has 0 aromatic carbocycles. The van der Waals surface area contributed by atoms with E-state index in [9.17, 15) is 4.79 Å². The van der Waals surface area contributed by atoms with Crippen molar-refractivity contribution in [3.63, 3.8) is 0 Å². The third-order valence-electron chi connectivity index (χ3n) is 2.97. The monoisotopic (exact) mass is 330 g/mol. The van der Waals surface area contributed by atoms with E-state index in [4.69, 9.17) is 23.2 Å². The van der Waals surface area contributed by atoms with Crippen LogP contribution >= 0.6 is 35.0 Å². The van der Waals surface area contributed by atoms with E-state index < -0.39 is 0 Å². The number of hydrogen-bond acceptors (Lipinski definition) is 4. The highest BCUT2D eigenvalue weighted by molar-refractivity contribution is 8.00. The Labute approximate surface area is 130 Å². The van der Waals surface area contributed by atoms with Gasteiger partial charge in [-0.25, -0.2) is 0 Å². The molecule has 3 rings (SSSR count). The first-order chi connectivity index (χ1) is 9.54. The van der Waals surface area contributed by atoms with Gasteiger partial charge in [0.25, 0.3) is 0 Å². The first-order valence-electron chi connectivity index (χ1n) is 6.21. The van der Waals surface area contributed by atoms with E-state index in [2.05, 4.69) is 15.5 Å². The van der Waals surface area contributed by atoms with Crippen LogP contribution in [0.15, 0.2) is 17.4 Å². The minimum atomic E-state index is -0.249. The molecule has 1 saturated carbocycles. The fraction of sp³-hybridized carbons (Fsp3) is 0.417. The Morgan fingerprint density at radius 3 is 2.95 bits per heavy atom. The van der Waals surface area contributed by atoms with E-state index in [1.165, 1.54) is 11.8 Å². The molecule has 0 radical (unpaired) electrons. The average Bonchev–Trinajstić information content (AvgIpc) is 3.11. The van der Waals surface area contributed by atoms with Crippen molar-refractivity contribution >= 4 is 46.5 Å². The van der Waals surface area contributed by atoms with Crippen molar-refractivity contribution in [1.82, 2.24) is 19.9 Å². The summed E-state index contributed by atoms with van der Waals surface area (Å²) in [5, 5.41) is 12.3. The van der Waals surface area contributed by atoms with Crippen LogP contribution in [0.2, 0.25) is 10.0 Å². The lowest BCUT2D eigenvalue weighted by Gasteiger charge is -2.10. The minimum Gasteiger partial charge on any atom is -0.352 e. The molecule has 0 bridgehead atoms. The molecule has 2 aromatic rings. The highest BCUT2D eigenvalue weighted by Gasteiger charge is 2.26. The maximum atomic E-state index is 11.9. The molecule has 2 aromatic heterocycles. The summed E-state index contributed by atoms with van der Waals surface area (Å²) in [5.41, 5.74) is 0.536. The predicted molar refractivity (Wildman–Crippen MR) is 79.5 cm³/mol. The summed E-state index contributed by atoms with van der Waals surface area (Å²) >= 11 is 13.4. The van der Waals surface area contributed by atoms with E-state index in [1.807, 2.05) is 6.92 Å². The van der Waals surface area contributed by atoms with Crippen molar-refractivity contribution in [3.8, 4) is 0 Å². The van der Waals surface area contributed by atoms with Crippen LogP contribution in [0.25, 0.3) is 5.65 Å². The molecule has 1 atom stereocenters. The van der Waals surface area contributed by atoms with Crippen molar-refractivity contribution in [1.29, 1.82) is 0 Å². The van der Waals surface area contributed by atoms with Gasteiger partial charge >= 0.3 is 0 Å². The van der Waals surface area contributed by atoms with Crippen LogP contribution in [-0.4, -0.2) is 31.8 Å². The zero-order valence-electron chi connectivity index (χ0n) is 10.6. The molecular weight excluding hydrogens is 319 g/mol. The second-order valence-corrected chi connectivity index (χ2v) is 6.88. The van der Waals surface area contributed by atoms with E-state index in [1.54, 1.807) is 16.7 Å². The number of nitrogens with zero attached hydrogens (tertiary/aromatic N) is 3. The fourth-order valence-electron chi connectivity index (χ4n) is 1.74. The van der Waals surface area contributed by atoms with Crippen LogP contribution in [0.1, 0.15) is 19.8 Å². The number of amides is 1. The first kappa shape index (κ1) is 14.0. The van der Waals surface area contributed by atoms with Gasteiger partial charge in [-0.15, -0.1) is 10.2 Å². The highest BCUT2D eigenvalue weighted by atomic mass is 35.5. The van der Waals surface area contributed by atoms with E-state index in [0.29, 0.717) is 26.9 Å². The molecule has 0 unspecified atom stereocenters. The Morgan fingerprint density at radius 1 is 1.50 bits per heavy atom. The molecule has 1 aliphatic rings. The van der Waals surface area contributed by atoms with Gasteiger partial charge in [-0.1, -0.05) is 35.0 Å². The second kappa shape index (κ2) is 5.42. The largest absolute Gasteiger partial charge is 0.352 e. The molecule has 0 saturated heterocycles. The summed E-state index contributed by atoms with van der Waals surface area (Å²) in [6.45, 7) is 1.84. The third-order valence-corrected chi connectivity index (χ3v) is 4.51. The highest BCUT2D eigenvalue weighted by Crippen LogP contribution is 2.28. The second-order valence-electron chi connectivity index (χ2n) is 4.73. The number of fused-ring (bicyclic) bond motifs is 1. The molecule has 20 heavy (non-hydrogen) atoms. The number of hydrogen-bond donors (Lipinski definition) is 1. The van der Waals surface area contributed by atoms with Crippen molar-refractivity contribution in [3.05, 3.63) is 22.3 Å². The van der Waals surface area contributed by atoms with Crippen molar-refractivity contribution in [2.75, 3.05) is 0 Å². The van der Waals surface area contributed by atoms with Gasteiger partial charge in [-0.2, -0.15) is 0 Å². The van der Waals surface area contributed by atoms with Gasteiger partial charge in [-0.3, -0.25) is 9.20 Å². The maximum Gasteiger partial charge on any atom is 0.233 e. The Hall–Kier alpha value is -0.980. The average molecular weight is 331 g/mol. The number of halogens is 2. The van der Waals surface area contributed by atoms with E-state index in [-0.39, 0.29) is 11.2 Å². The molecule has 2 heterocycles. The van der Waals surface area contributed by atoms with E-state index >= 15 is 0 Å². The van der Waals surface area contributed by atoms with E-state index in [0.717, 1.165) is 12.8 Å². The number of thioether (sulfide) groups is 1. The normalized spacial score (nSPS) is 16.4. The van der Waals surface area contributed by atoms with Gasteiger partial charge in [0.2, 0.25) is 5.91 Å². The summed E-state index contributed by atoms with van der Waals surface area (Å²) in [7, 11) is 0. The number of pyridine rings is 1. The van der Waals surface area contributed by atoms with Crippen LogP contribution in [-0.2, 0) is 4.79 Å². The number of carbonyl (C=O) groups excluding carboxylic acids is 1. The lowest BCUT2D eigenvalue weighted by Crippen LogP contribution is -2.32. The molecular formula is C12H12Cl2N4OS. The van der Waals surface area contributed by atoms with Gasteiger partial charge in [0.15, 0.2) is 10.8 Å². The molecule has 1 amide bonds. The molecule has 5 nitrogen and oxygen atoms in total. The summed E-state index contributed by atoms with van der Waals surface area (Å²) in [4.78, 5) is 11.9. The van der Waals surface area contributed by atoms with Crippen LogP contribution in [0.3, 0.4) is 0 Å². The quantitative estimate of drug-likeness (QED) is 0.875. The summed E-state index contributed by atoms with van der Waals surface area (Å²) in [6.07, 6.45) is 3.83. The maximum absolute atomic E-state index is 11.9. The van der Waals surface area contributed by atoms with Crippen LogP contribution in [0, 0.1) is 0 Å². The Bertz CT molecular complexity index is 671. The molecule has 106 valence electrons. The van der Waals surface area contributed by atoms with Crippen molar-refractivity contribution in [2.45, 2.75) is 36.2 Å². The van der Waals surface area contributed by atoms with Crippen molar-refractivity contribution in [2.24, 2.45) is 0 Å².